The molecule has 0 unspecified atom stereocenters. The lowest BCUT2D eigenvalue weighted by Gasteiger charge is -2.01. The van der Waals surface area contributed by atoms with Crippen LogP contribution in [0.2, 0.25) is 0 Å². The van der Waals surface area contributed by atoms with Gasteiger partial charge >= 0.3 is 0 Å². The summed E-state index contributed by atoms with van der Waals surface area (Å²) in [6.07, 6.45) is 1.43. The highest BCUT2D eigenvalue weighted by atomic mass is 79.9. The molecular formula is C9H4BrF2N. The average molecular weight is 244 g/mol. The van der Waals surface area contributed by atoms with E-state index in [1.54, 1.807) is 6.07 Å². The van der Waals surface area contributed by atoms with Gasteiger partial charge < -0.3 is 0 Å². The molecule has 0 aliphatic carbocycles. The van der Waals surface area contributed by atoms with Crippen molar-refractivity contribution in [3.05, 3.63) is 40.5 Å². The van der Waals surface area contributed by atoms with Crippen LogP contribution in [0, 0.1) is 11.6 Å². The number of fused-ring (bicyclic) bond motifs is 1. The van der Waals surface area contributed by atoms with Crippen LogP contribution in [0.1, 0.15) is 0 Å². The molecule has 1 aromatic carbocycles. The van der Waals surface area contributed by atoms with Crippen LogP contribution in [0.25, 0.3) is 10.9 Å². The zero-order valence-electron chi connectivity index (χ0n) is 6.39. The largest absolute Gasteiger partial charge is 0.253 e. The molecule has 0 aliphatic rings. The first-order chi connectivity index (χ1) is 6.20. The molecule has 13 heavy (non-hydrogen) atoms. The lowest BCUT2D eigenvalue weighted by molar-refractivity contribution is 0.610. The summed E-state index contributed by atoms with van der Waals surface area (Å²) in [6, 6.07) is 4.13. The van der Waals surface area contributed by atoms with Crippen LogP contribution in [-0.4, -0.2) is 4.98 Å². The molecule has 0 bridgehead atoms. The van der Waals surface area contributed by atoms with Gasteiger partial charge in [0, 0.05) is 11.6 Å². The zero-order chi connectivity index (χ0) is 9.42. The molecule has 0 radical (unpaired) electrons. The Labute approximate surface area is 81.5 Å². The molecule has 66 valence electrons. The van der Waals surface area contributed by atoms with E-state index in [4.69, 9.17) is 0 Å². The maximum atomic E-state index is 13.3. The van der Waals surface area contributed by atoms with E-state index >= 15 is 0 Å². The van der Waals surface area contributed by atoms with E-state index < -0.39 is 11.6 Å². The minimum atomic E-state index is -0.524. The van der Waals surface area contributed by atoms with Gasteiger partial charge in [-0.3, -0.25) is 4.98 Å². The van der Waals surface area contributed by atoms with Gasteiger partial charge in [-0.05, 0) is 34.1 Å². The number of hydrogen-bond acceptors (Lipinski definition) is 1. The Morgan fingerprint density at radius 1 is 1.31 bits per heavy atom. The standard InChI is InChI=1S/C9H4BrF2N/c10-6-4-7(11)9-5(8(6)12)2-1-3-13-9/h1-4H. The first kappa shape index (κ1) is 8.56. The Hall–Kier alpha value is -1.03. The summed E-state index contributed by atoms with van der Waals surface area (Å²) in [5, 5.41) is 0.189. The molecule has 1 heterocycles. The molecule has 0 N–H and O–H groups in total. The third-order valence-electron chi connectivity index (χ3n) is 1.73. The van der Waals surface area contributed by atoms with Crippen LogP contribution in [0.3, 0.4) is 0 Å². The summed E-state index contributed by atoms with van der Waals surface area (Å²) in [4.78, 5) is 3.75. The van der Waals surface area contributed by atoms with Gasteiger partial charge in [-0.1, -0.05) is 0 Å². The molecule has 0 saturated carbocycles. The summed E-state index contributed by atoms with van der Waals surface area (Å²) < 4.78 is 26.6. The third kappa shape index (κ3) is 1.31. The molecule has 0 saturated heterocycles. The Balaban J connectivity index is 2.97. The smallest absolute Gasteiger partial charge is 0.150 e. The predicted octanol–water partition coefficient (Wildman–Crippen LogP) is 3.28. The van der Waals surface area contributed by atoms with Crippen molar-refractivity contribution in [1.29, 1.82) is 0 Å². The third-order valence-corrected chi connectivity index (χ3v) is 2.31. The first-order valence-electron chi connectivity index (χ1n) is 3.58. The fourth-order valence-corrected chi connectivity index (χ4v) is 1.56. The predicted molar refractivity (Wildman–Crippen MR) is 49.4 cm³/mol. The lowest BCUT2D eigenvalue weighted by atomic mass is 10.2. The fraction of sp³-hybridized carbons (Fsp3) is 0. The molecule has 0 amide bonds. The van der Waals surface area contributed by atoms with Gasteiger partial charge in [0.15, 0.2) is 5.82 Å². The van der Waals surface area contributed by atoms with Crippen LogP contribution in [0.15, 0.2) is 28.9 Å². The van der Waals surface area contributed by atoms with Crippen molar-refractivity contribution in [3.63, 3.8) is 0 Å². The van der Waals surface area contributed by atoms with Gasteiger partial charge in [0.1, 0.15) is 11.3 Å². The average Bonchev–Trinajstić information content (AvgIpc) is 2.15. The monoisotopic (exact) mass is 243 g/mol. The number of nitrogens with zero attached hydrogens (tertiary/aromatic N) is 1. The Bertz CT molecular complexity index is 470. The number of rotatable bonds is 0. The van der Waals surface area contributed by atoms with Crippen LogP contribution < -0.4 is 0 Å². The number of halogens is 3. The van der Waals surface area contributed by atoms with Crippen molar-refractivity contribution in [2.24, 2.45) is 0 Å². The molecule has 0 atom stereocenters. The summed E-state index contributed by atoms with van der Waals surface area (Å²) >= 11 is 2.92. The normalized spacial score (nSPS) is 10.7. The van der Waals surface area contributed by atoms with E-state index in [2.05, 4.69) is 20.9 Å². The van der Waals surface area contributed by atoms with E-state index in [0.717, 1.165) is 6.07 Å². The molecule has 2 rings (SSSR count). The van der Waals surface area contributed by atoms with E-state index in [0.29, 0.717) is 0 Å². The van der Waals surface area contributed by atoms with E-state index in [1.807, 2.05) is 0 Å². The minimum absolute atomic E-state index is 0.0585. The number of aromatic nitrogens is 1. The number of pyridine rings is 1. The van der Waals surface area contributed by atoms with Gasteiger partial charge in [-0.15, -0.1) is 0 Å². The van der Waals surface area contributed by atoms with Crippen LogP contribution >= 0.6 is 15.9 Å². The Morgan fingerprint density at radius 3 is 2.85 bits per heavy atom. The van der Waals surface area contributed by atoms with Gasteiger partial charge in [0.2, 0.25) is 0 Å². The van der Waals surface area contributed by atoms with Crippen molar-refractivity contribution in [2.75, 3.05) is 0 Å². The molecule has 0 fully saturated rings. The quantitative estimate of drug-likeness (QED) is 0.648. The Kier molecular flexibility index (Phi) is 2.00. The van der Waals surface area contributed by atoms with E-state index in [-0.39, 0.29) is 15.4 Å². The maximum Gasteiger partial charge on any atom is 0.150 e. The van der Waals surface area contributed by atoms with Crippen LogP contribution in [0.5, 0.6) is 0 Å². The highest BCUT2D eigenvalue weighted by Gasteiger charge is 2.10. The molecule has 0 aliphatic heterocycles. The van der Waals surface area contributed by atoms with Gasteiger partial charge in [-0.25, -0.2) is 8.78 Å². The van der Waals surface area contributed by atoms with Crippen LogP contribution in [0.4, 0.5) is 8.78 Å². The number of hydrogen-bond donors (Lipinski definition) is 0. The zero-order valence-corrected chi connectivity index (χ0v) is 7.98. The van der Waals surface area contributed by atoms with E-state index in [1.165, 1.54) is 12.3 Å². The number of benzene rings is 1. The second kappa shape index (κ2) is 3.03. The molecule has 1 aromatic heterocycles. The lowest BCUT2D eigenvalue weighted by Crippen LogP contribution is -1.88. The van der Waals surface area contributed by atoms with Crippen molar-refractivity contribution < 1.29 is 8.78 Å². The Morgan fingerprint density at radius 2 is 2.08 bits per heavy atom. The highest BCUT2D eigenvalue weighted by Crippen LogP contribution is 2.25. The highest BCUT2D eigenvalue weighted by molar-refractivity contribution is 9.10. The molecule has 4 heteroatoms. The fourth-order valence-electron chi connectivity index (χ4n) is 1.14. The van der Waals surface area contributed by atoms with Crippen LogP contribution in [-0.2, 0) is 0 Å². The molecule has 1 nitrogen and oxygen atoms in total. The van der Waals surface area contributed by atoms with Gasteiger partial charge in [-0.2, -0.15) is 0 Å². The molecule has 2 aromatic rings. The summed E-state index contributed by atoms with van der Waals surface area (Å²) in [5.74, 6) is -1.01. The van der Waals surface area contributed by atoms with Crippen molar-refractivity contribution >= 4 is 26.8 Å². The van der Waals surface area contributed by atoms with Crippen molar-refractivity contribution in [2.45, 2.75) is 0 Å². The minimum Gasteiger partial charge on any atom is -0.253 e. The van der Waals surface area contributed by atoms with Crippen molar-refractivity contribution in [3.8, 4) is 0 Å². The molecular weight excluding hydrogens is 240 g/mol. The SMILES string of the molecule is Fc1c(Br)cc(F)c2ncccc12. The van der Waals surface area contributed by atoms with E-state index in [9.17, 15) is 8.78 Å². The first-order valence-corrected chi connectivity index (χ1v) is 4.37. The van der Waals surface area contributed by atoms with Gasteiger partial charge in [0.05, 0.1) is 4.47 Å². The van der Waals surface area contributed by atoms with Crippen molar-refractivity contribution in [1.82, 2.24) is 4.98 Å². The maximum absolute atomic E-state index is 13.3. The van der Waals surface area contributed by atoms with Gasteiger partial charge in [0.25, 0.3) is 0 Å². The topological polar surface area (TPSA) is 12.9 Å². The summed E-state index contributed by atoms with van der Waals surface area (Å²) in [6.45, 7) is 0. The second-order valence-corrected chi connectivity index (χ2v) is 3.41. The molecule has 0 spiro atoms. The summed E-state index contributed by atoms with van der Waals surface area (Å²) in [5.41, 5.74) is 0.0585. The second-order valence-electron chi connectivity index (χ2n) is 2.55. The summed E-state index contributed by atoms with van der Waals surface area (Å²) in [7, 11) is 0.